The first-order valence-electron chi connectivity index (χ1n) is 6.98. The second kappa shape index (κ2) is 9.19. The highest BCUT2D eigenvalue weighted by atomic mass is 28.2. The largest absolute Gasteiger partial charge is 0.416 e. The summed E-state index contributed by atoms with van der Waals surface area (Å²) in [6.07, 6.45) is -3.72. The van der Waals surface area contributed by atoms with Crippen molar-refractivity contribution in [2.75, 3.05) is 13.2 Å². The fourth-order valence-electron chi connectivity index (χ4n) is 1.78. The van der Waals surface area contributed by atoms with Gasteiger partial charge in [-0.25, -0.2) is 0 Å². The van der Waals surface area contributed by atoms with Gasteiger partial charge in [0.25, 0.3) is 6.48 Å². The van der Waals surface area contributed by atoms with Crippen LogP contribution in [0.3, 0.4) is 0 Å². The van der Waals surface area contributed by atoms with Gasteiger partial charge in [0, 0.05) is 13.2 Å². The van der Waals surface area contributed by atoms with E-state index in [1.54, 1.807) is 6.07 Å². The number of hydrogen-bond acceptors (Lipinski definition) is 3. The van der Waals surface area contributed by atoms with E-state index in [2.05, 4.69) is 0 Å². The van der Waals surface area contributed by atoms with Crippen LogP contribution in [0, 0.1) is 0 Å². The number of benzene rings is 1. The van der Waals surface area contributed by atoms with E-state index in [0.29, 0.717) is 25.2 Å². The molecule has 0 saturated heterocycles. The summed E-state index contributed by atoms with van der Waals surface area (Å²) in [6, 6.07) is 6.14. The van der Waals surface area contributed by atoms with E-state index in [9.17, 15) is 13.2 Å². The van der Waals surface area contributed by atoms with E-state index in [1.807, 2.05) is 13.8 Å². The zero-order valence-corrected chi connectivity index (χ0v) is 13.7. The SMILES string of the molecule is CCOC(OCC)O[SiH2]CCc1cccc(C(F)(F)F)c1. The van der Waals surface area contributed by atoms with Crippen molar-refractivity contribution in [1.82, 2.24) is 0 Å². The number of halogens is 3. The molecule has 0 radical (unpaired) electrons. The number of aryl methyl sites for hydroxylation is 1. The quantitative estimate of drug-likeness (QED) is 0.397. The summed E-state index contributed by atoms with van der Waals surface area (Å²) in [5.74, 6) is 0. The van der Waals surface area contributed by atoms with Crippen LogP contribution in [0.4, 0.5) is 13.2 Å². The summed E-state index contributed by atoms with van der Waals surface area (Å²) < 4.78 is 53.7. The second-order valence-corrected chi connectivity index (χ2v) is 5.82. The molecule has 0 amide bonds. The third-order valence-corrected chi connectivity index (χ3v) is 3.87. The van der Waals surface area contributed by atoms with Gasteiger partial charge in [-0.2, -0.15) is 13.2 Å². The van der Waals surface area contributed by atoms with Gasteiger partial charge in [-0.1, -0.05) is 18.2 Å². The lowest BCUT2D eigenvalue weighted by Gasteiger charge is -2.17. The van der Waals surface area contributed by atoms with Gasteiger partial charge >= 0.3 is 6.18 Å². The molecule has 3 nitrogen and oxygen atoms in total. The lowest BCUT2D eigenvalue weighted by atomic mass is 10.1. The van der Waals surface area contributed by atoms with Crippen molar-refractivity contribution in [3.63, 3.8) is 0 Å². The molecule has 0 saturated carbocycles. The lowest BCUT2D eigenvalue weighted by Crippen LogP contribution is -2.23. The van der Waals surface area contributed by atoms with Gasteiger partial charge < -0.3 is 13.9 Å². The Labute approximate surface area is 125 Å². The number of rotatable bonds is 9. The summed E-state index contributed by atoms with van der Waals surface area (Å²) in [5, 5.41) is 0. The van der Waals surface area contributed by atoms with Crippen molar-refractivity contribution in [2.24, 2.45) is 0 Å². The standard InChI is InChI=1S/C14H21F3O3Si/c1-3-18-13(19-4-2)20-21-9-8-11-6-5-7-12(10-11)14(15,16)17/h5-7,10,13H,3-4,8-9,21H2,1-2H3. The minimum atomic E-state index is -4.29. The Balaban J connectivity index is 2.38. The molecule has 7 heteroatoms. The van der Waals surface area contributed by atoms with Crippen LogP contribution in [0.2, 0.25) is 6.04 Å². The Bertz CT molecular complexity index is 407. The molecule has 120 valence electrons. The first kappa shape index (κ1) is 18.2. The molecule has 1 aromatic rings. The third kappa shape index (κ3) is 7.08. The number of hydrogen-bond donors (Lipinski definition) is 0. The Morgan fingerprint density at radius 1 is 1.14 bits per heavy atom. The zero-order chi connectivity index (χ0) is 15.7. The molecule has 0 aliphatic carbocycles. The Hall–Kier alpha value is -0.893. The van der Waals surface area contributed by atoms with Gasteiger partial charge in [-0.15, -0.1) is 0 Å². The maximum absolute atomic E-state index is 12.6. The maximum Gasteiger partial charge on any atom is 0.416 e. The highest BCUT2D eigenvalue weighted by molar-refractivity contribution is 6.27. The van der Waals surface area contributed by atoms with Crippen LogP contribution in [0.1, 0.15) is 25.0 Å². The van der Waals surface area contributed by atoms with Crippen molar-refractivity contribution in [3.8, 4) is 0 Å². The minimum absolute atomic E-state index is 0.493. The molecule has 0 atom stereocenters. The number of ether oxygens (including phenoxy) is 2. The summed E-state index contributed by atoms with van der Waals surface area (Å²) in [7, 11) is -0.898. The fourth-order valence-corrected chi connectivity index (χ4v) is 2.88. The van der Waals surface area contributed by atoms with Crippen LogP contribution in [0.5, 0.6) is 0 Å². The normalized spacial score (nSPS) is 12.7. The van der Waals surface area contributed by atoms with E-state index in [4.69, 9.17) is 13.9 Å². The van der Waals surface area contributed by atoms with Gasteiger partial charge in [-0.05, 0) is 37.9 Å². The van der Waals surface area contributed by atoms with Crippen LogP contribution in [-0.2, 0) is 26.5 Å². The second-order valence-electron chi connectivity index (χ2n) is 4.37. The van der Waals surface area contributed by atoms with Crippen LogP contribution in [0.25, 0.3) is 0 Å². The molecular formula is C14H21F3O3Si. The average molecular weight is 322 g/mol. The molecule has 0 fully saturated rings. The maximum atomic E-state index is 12.6. The van der Waals surface area contributed by atoms with Crippen molar-refractivity contribution >= 4 is 9.76 Å². The van der Waals surface area contributed by atoms with Gasteiger partial charge in [0.1, 0.15) is 0 Å². The molecule has 1 rings (SSSR count). The summed E-state index contributed by atoms with van der Waals surface area (Å²) in [5.41, 5.74) is 0.0642. The van der Waals surface area contributed by atoms with E-state index < -0.39 is 28.0 Å². The van der Waals surface area contributed by atoms with E-state index in [1.165, 1.54) is 12.1 Å². The topological polar surface area (TPSA) is 27.7 Å². The Kier molecular flexibility index (Phi) is 7.95. The van der Waals surface area contributed by atoms with Gasteiger partial charge in [-0.3, -0.25) is 0 Å². The molecule has 0 aliphatic heterocycles. The minimum Gasteiger partial charge on any atom is -0.379 e. The van der Waals surface area contributed by atoms with Gasteiger partial charge in [0.2, 0.25) is 0 Å². The third-order valence-electron chi connectivity index (χ3n) is 2.72. The molecule has 0 heterocycles. The molecule has 21 heavy (non-hydrogen) atoms. The number of alkyl halides is 3. The molecule has 0 aliphatic rings. The van der Waals surface area contributed by atoms with Crippen molar-refractivity contribution < 1.29 is 27.1 Å². The molecule has 0 N–H and O–H groups in total. The van der Waals surface area contributed by atoms with Gasteiger partial charge in [0.05, 0.1) is 5.56 Å². The van der Waals surface area contributed by atoms with Gasteiger partial charge in [0.15, 0.2) is 9.76 Å². The summed E-state index contributed by atoms with van der Waals surface area (Å²) in [6.45, 7) is 4.03. The van der Waals surface area contributed by atoms with E-state index in [-0.39, 0.29) is 0 Å². The monoisotopic (exact) mass is 322 g/mol. The predicted molar refractivity (Wildman–Crippen MR) is 76.6 cm³/mol. The van der Waals surface area contributed by atoms with E-state index in [0.717, 1.165) is 12.1 Å². The first-order chi connectivity index (χ1) is 9.97. The van der Waals surface area contributed by atoms with Crippen LogP contribution in [-0.4, -0.2) is 29.5 Å². The molecule has 0 spiro atoms. The first-order valence-corrected chi connectivity index (χ1v) is 8.56. The molecule has 0 aromatic heterocycles. The van der Waals surface area contributed by atoms with E-state index >= 15 is 0 Å². The highest BCUT2D eigenvalue weighted by Gasteiger charge is 2.30. The summed E-state index contributed by atoms with van der Waals surface area (Å²) >= 11 is 0. The van der Waals surface area contributed by atoms with Crippen LogP contribution >= 0.6 is 0 Å². The molecule has 0 unspecified atom stereocenters. The molecule has 0 bridgehead atoms. The smallest absolute Gasteiger partial charge is 0.379 e. The molecule has 1 aromatic carbocycles. The van der Waals surface area contributed by atoms with Crippen LogP contribution in [0.15, 0.2) is 24.3 Å². The van der Waals surface area contributed by atoms with Crippen LogP contribution < -0.4 is 0 Å². The molecular weight excluding hydrogens is 301 g/mol. The predicted octanol–water partition coefficient (Wildman–Crippen LogP) is 3.12. The fraction of sp³-hybridized carbons (Fsp3) is 0.571. The van der Waals surface area contributed by atoms with Crippen molar-refractivity contribution in [1.29, 1.82) is 0 Å². The highest BCUT2D eigenvalue weighted by Crippen LogP contribution is 2.29. The lowest BCUT2D eigenvalue weighted by molar-refractivity contribution is -0.243. The van der Waals surface area contributed by atoms with Crippen molar-refractivity contribution in [2.45, 2.75) is 39.0 Å². The Morgan fingerprint density at radius 3 is 2.38 bits per heavy atom. The van der Waals surface area contributed by atoms with Crippen molar-refractivity contribution in [3.05, 3.63) is 35.4 Å². The average Bonchev–Trinajstić information content (AvgIpc) is 2.43. The zero-order valence-electron chi connectivity index (χ0n) is 12.3. The summed E-state index contributed by atoms with van der Waals surface area (Å²) in [4.78, 5) is 0. The Morgan fingerprint density at radius 2 is 1.81 bits per heavy atom.